The molecule has 3 rings (SSSR count). The van der Waals surface area contributed by atoms with Crippen molar-refractivity contribution in [3.63, 3.8) is 0 Å². The molecular formula is C19H23ClN2O6S. The van der Waals surface area contributed by atoms with Gasteiger partial charge in [-0.25, -0.2) is 13.9 Å². The Kier molecular flexibility index (Phi) is 7.97. The molecule has 8 nitrogen and oxygen atoms in total. The summed E-state index contributed by atoms with van der Waals surface area (Å²) in [7, 11) is -4.03. The van der Waals surface area contributed by atoms with Gasteiger partial charge in [0.25, 0.3) is 5.91 Å². The number of aromatic nitrogens is 1. The number of sulfone groups is 1. The Balaban J connectivity index is 0.00000300. The number of pyridine rings is 1. The first-order valence-corrected chi connectivity index (χ1v) is 10.4. The van der Waals surface area contributed by atoms with Gasteiger partial charge in [0.15, 0.2) is 14.6 Å². The van der Waals surface area contributed by atoms with Gasteiger partial charge in [-0.15, -0.1) is 12.4 Å². The third-order valence-corrected chi connectivity index (χ3v) is 7.33. The predicted molar refractivity (Wildman–Crippen MR) is 107 cm³/mol. The van der Waals surface area contributed by atoms with Gasteiger partial charge in [0.05, 0.1) is 11.5 Å². The van der Waals surface area contributed by atoms with Crippen LogP contribution < -0.4 is 10.2 Å². The number of carbonyl (C=O) groups is 1. The van der Waals surface area contributed by atoms with Gasteiger partial charge in [0.2, 0.25) is 0 Å². The lowest BCUT2D eigenvalue weighted by molar-refractivity contribution is -0.134. The Bertz CT molecular complexity index is 900. The lowest BCUT2D eigenvalue weighted by Crippen LogP contribution is -2.54. The molecule has 0 saturated carbocycles. The number of hydrogen-bond donors (Lipinski definition) is 2. The number of halogens is 1. The van der Waals surface area contributed by atoms with Gasteiger partial charge < -0.3 is 9.47 Å². The van der Waals surface area contributed by atoms with E-state index in [-0.39, 0.29) is 43.4 Å². The fourth-order valence-electron chi connectivity index (χ4n) is 3.18. The van der Waals surface area contributed by atoms with Crippen LogP contribution in [0.4, 0.5) is 0 Å². The highest BCUT2D eigenvalue weighted by atomic mass is 35.5. The fourth-order valence-corrected chi connectivity index (χ4v) is 5.12. The quantitative estimate of drug-likeness (QED) is 0.497. The van der Waals surface area contributed by atoms with E-state index in [1.54, 1.807) is 18.3 Å². The smallest absolute Gasteiger partial charge is 0.265 e. The van der Waals surface area contributed by atoms with Gasteiger partial charge in [0.1, 0.15) is 5.75 Å². The van der Waals surface area contributed by atoms with Crippen LogP contribution >= 0.6 is 12.4 Å². The zero-order valence-electron chi connectivity index (χ0n) is 15.6. The molecule has 1 aliphatic heterocycles. The number of nitrogens with one attached hydrogen (secondary N) is 1. The second-order valence-corrected chi connectivity index (χ2v) is 8.70. The minimum absolute atomic E-state index is 0. The van der Waals surface area contributed by atoms with Crippen molar-refractivity contribution in [3.05, 3.63) is 54.4 Å². The standard InChI is InChI=1S/C19H22N2O6S.ClH/c22-18(21-23)19(9-13-26-14-10-19)28(24,25)17-6-4-16(5-7-17)27-12-8-15-3-1-2-11-20-15;/h1-7,11,23H,8-10,12-14H2,(H,21,22);1H. The average molecular weight is 443 g/mol. The maximum Gasteiger partial charge on any atom is 0.265 e. The van der Waals surface area contributed by atoms with Crippen LogP contribution in [0.5, 0.6) is 5.75 Å². The molecule has 1 amide bonds. The number of carbonyl (C=O) groups excluding carboxylic acids is 1. The molecule has 0 atom stereocenters. The Hall–Kier alpha value is -2.20. The average Bonchev–Trinajstić information content (AvgIpc) is 2.74. The van der Waals surface area contributed by atoms with Crippen LogP contribution in [0, 0.1) is 0 Å². The number of amides is 1. The van der Waals surface area contributed by atoms with Crippen molar-refractivity contribution in [1.82, 2.24) is 10.5 Å². The van der Waals surface area contributed by atoms with Crippen molar-refractivity contribution in [1.29, 1.82) is 0 Å². The first-order valence-electron chi connectivity index (χ1n) is 8.89. The molecule has 0 unspecified atom stereocenters. The Labute approximate surface area is 175 Å². The van der Waals surface area contributed by atoms with Crippen LogP contribution in [0.25, 0.3) is 0 Å². The first kappa shape index (κ1) is 23.1. The number of nitrogens with zero attached hydrogens (tertiary/aromatic N) is 1. The number of hydrogen-bond acceptors (Lipinski definition) is 7. The molecule has 158 valence electrons. The summed E-state index contributed by atoms with van der Waals surface area (Å²) in [6.45, 7) is 0.653. The van der Waals surface area contributed by atoms with Crippen LogP contribution in [0.1, 0.15) is 18.5 Å². The van der Waals surface area contributed by atoms with Crippen molar-refractivity contribution in [2.45, 2.75) is 28.9 Å². The van der Waals surface area contributed by atoms with Crippen LogP contribution in [0.3, 0.4) is 0 Å². The van der Waals surface area contributed by atoms with Gasteiger partial charge in [0, 0.05) is 31.5 Å². The topological polar surface area (TPSA) is 115 Å². The Morgan fingerprint density at radius 3 is 2.45 bits per heavy atom. The molecule has 1 aromatic carbocycles. The SMILES string of the molecule is Cl.O=C(NO)C1(S(=O)(=O)c2ccc(OCCc3ccccn3)cc2)CCOCC1. The molecule has 2 N–H and O–H groups in total. The third-order valence-electron chi connectivity index (χ3n) is 4.82. The van der Waals surface area contributed by atoms with E-state index in [1.807, 2.05) is 18.2 Å². The zero-order valence-corrected chi connectivity index (χ0v) is 17.2. The van der Waals surface area contributed by atoms with Crippen LogP contribution in [0.2, 0.25) is 0 Å². The van der Waals surface area contributed by atoms with Gasteiger partial charge >= 0.3 is 0 Å². The van der Waals surface area contributed by atoms with Crippen molar-refractivity contribution >= 4 is 28.2 Å². The van der Waals surface area contributed by atoms with E-state index in [2.05, 4.69) is 4.98 Å². The van der Waals surface area contributed by atoms with E-state index in [0.29, 0.717) is 18.8 Å². The molecule has 1 saturated heterocycles. The fraction of sp³-hybridized carbons (Fsp3) is 0.368. The van der Waals surface area contributed by atoms with Crippen molar-refractivity contribution < 1.29 is 27.9 Å². The number of benzene rings is 1. The lowest BCUT2D eigenvalue weighted by atomic mass is 9.98. The summed E-state index contributed by atoms with van der Waals surface area (Å²) in [6, 6.07) is 11.6. The second-order valence-electron chi connectivity index (χ2n) is 6.44. The molecular weight excluding hydrogens is 420 g/mol. The number of rotatable bonds is 7. The highest BCUT2D eigenvalue weighted by molar-refractivity contribution is 7.93. The molecule has 0 spiro atoms. The number of hydroxylamine groups is 1. The maximum absolute atomic E-state index is 13.1. The lowest BCUT2D eigenvalue weighted by Gasteiger charge is -2.34. The van der Waals surface area contributed by atoms with Crippen LogP contribution in [0.15, 0.2) is 53.6 Å². The second kappa shape index (κ2) is 10.0. The highest BCUT2D eigenvalue weighted by Gasteiger charge is 2.52. The molecule has 10 heteroatoms. The summed E-state index contributed by atoms with van der Waals surface area (Å²) in [5, 5.41) is 9.07. The van der Waals surface area contributed by atoms with Crippen molar-refractivity contribution in [2.75, 3.05) is 19.8 Å². The minimum Gasteiger partial charge on any atom is -0.493 e. The van der Waals surface area contributed by atoms with E-state index >= 15 is 0 Å². The molecule has 0 bridgehead atoms. The third kappa shape index (κ3) is 4.87. The van der Waals surface area contributed by atoms with Crippen molar-refractivity contribution in [3.8, 4) is 5.75 Å². The van der Waals surface area contributed by atoms with Gasteiger partial charge in [-0.3, -0.25) is 15.0 Å². The molecule has 1 fully saturated rings. The summed E-state index contributed by atoms with van der Waals surface area (Å²) in [5.74, 6) is -0.422. The molecule has 2 aromatic rings. The molecule has 1 aromatic heterocycles. The Morgan fingerprint density at radius 2 is 1.86 bits per heavy atom. The normalized spacial score (nSPS) is 15.8. The van der Waals surface area contributed by atoms with E-state index in [1.165, 1.54) is 17.6 Å². The molecule has 29 heavy (non-hydrogen) atoms. The maximum atomic E-state index is 13.1. The summed E-state index contributed by atoms with van der Waals surface area (Å²) < 4.78 is 35.4. The zero-order chi connectivity index (χ0) is 20.0. The van der Waals surface area contributed by atoms with E-state index in [9.17, 15) is 13.2 Å². The van der Waals surface area contributed by atoms with Gasteiger partial charge in [-0.2, -0.15) is 0 Å². The first-order chi connectivity index (χ1) is 13.5. The largest absolute Gasteiger partial charge is 0.493 e. The summed E-state index contributed by atoms with van der Waals surface area (Å²) in [5.41, 5.74) is 2.40. The van der Waals surface area contributed by atoms with Gasteiger partial charge in [-0.05, 0) is 49.2 Å². The van der Waals surface area contributed by atoms with E-state index in [4.69, 9.17) is 14.7 Å². The van der Waals surface area contributed by atoms with Crippen molar-refractivity contribution in [2.24, 2.45) is 0 Å². The molecule has 0 aliphatic carbocycles. The molecule has 2 heterocycles. The van der Waals surface area contributed by atoms with Crippen LogP contribution in [-0.4, -0.2) is 49.1 Å². The number of ether oxygens (including phenoxy) is 2. The van der Waals surface area contributed by atoms with Gasteiger partial charge in [-0.1, -0.05) is 6.07 Å². The molecule has 1 aliphatic rings. The summed E-state index contributed by atoms with van der Waals surface area (Å²) >= 11 is 0. The van der Waals surface area contributed by atoms with E-state index < -0.39 is 20.5 Å². The molecule has 0 radical (unpaired) electrons. The van der Waals surface area contributed by atoms with E-state index in [0.717, 1.165) is 5.69 Å². The predicted octanol–water partition coefficient (Wildman–Crippen LogP) is 1.95. The summed E-state index contributed by atoms with van der Waals surface area (Å²) in [6.07, 6.45) is 2.29. The van der Waals surface area contributed by atoms with Crippen LogP contribution in [-0.2, 0) is 25.8 Å². The monoisotopic (exact) mass is 442 g/mol. The highest BCUT2D eigenvalue weighted by Crippen LogP contribution is 2.35. The minimum atomic E-state index is -4.03. The summed E-state index contributed by atoms with van der Waals surface area (Å²) in [4.78, 5) is 16.4. The Morgan fingerprint density at radius 1 is 1.17 bits per heavy atom.